The second-order valence-electron chi connectivity index (χ2n) is 22.5. The summed E-state index contributed by atoms with van der Waals surface area (Å²) < 4.78 is 63.9. The van der Waals surface area contributed by atoms with E-state index in [1.54, 1.807) is 34.6 Å². The number of guanidine groups is 1. The van der Waals surface area contributed by atoms with E-state index in [-0.39, 0.29) is 50.2 Å². The van der Waals surface area contributed by atoms with Crippen LogP contribution in [0.4, 0.5) is 0 Å². The molecule has 0 radical (unpaired) electrons. The number of carbonyl (C=O) groups is 5. The summed E-state index contributed by atoms with van der Waals surface area (Å²) in [6.45, 7) is 22.9. The molecular weight excluding hydrogens is 1060 g/mol. The molecule has 0 spiro atoms. The normalized spacial score (nSPS) is 14.5. The maximum atomic E-state index is 14.4. The van der Waals surface area contributed by atoms with Crippen LogP contribution in [0.15, 0.2) is 35.2 Å². The predicted molar refractivity (Wildman–Crippen MR) is 311 cm³/mol. The molecule has 23 heteroatoms. The van der Waals surface area contributed by atoms with Crippen molar-refractivity contribution in [2.45, 2.75) is 181 Å². The molecule has 0 fully saturated rings. The standard InChI is InChI=1S/C58H97N9O13S/c1-12-13-14-15-16-20-26-61-53(70)47(34-43-21-18-17-19-22-43)62-36-44(37-79-57(7,8)9)63-55(72)50(39(2)3)66-54(71)46(64-49(69)38-78-33-32-77-31-30-76-29-28-75-27-25-59)23-24-48(68)65-56(60)67-81(73,74)52-41(5)40(4)51-45(42(52)6)35-58(10,11)80-51/h17-19,21-22,39,44,46-47,50,62H,12-16,20,23-38,59H2,1-11H3,(H,61,70)(H,63,72)(H,64,69)(H,66,71)(H3,60,65,67,68). The summed E-state index contributed by atoms with van der Waals surface area (Å²) in [4.78, 5) is 69.2. The fraction of sp³-hybridized carbons (Fsp3) is 0.690. The molecule has 4 unspecified atom stereocenters. The van der Waals surface area contributed by atoms with Crippen molar-refractivity contribution in [2.75, 3.05) is 79.1 Å². The fourth-order valence-electron chi connectivity index (χ4n) is 8.96. The third kappa shape index (κ3) is 26.2. The van der Waals surface area contributed by atoms with Crippen LogP contribution in [0.2, 0.25) is 0 Å². The topological polar surface area (TPSA) is 309 Å². The summed E-state index contributed by atoms with van der Waals surface area (Å²) in [5, 5.41) is 25.6. The average Bonchev–Trinajstić information content (AvgIpc) is 3.83. The first kappa shape index (κ1) is 70.0. The number of rotatable bonds is 39. The van der Waals surface area contributed by atoms with E-state index in [9.17, 15) is 32.4 Å². The minimum Gasteiger partial charge on any atom is -0.487 e. The highest BCUT2D eigenvalue weighted by molar-refractivity contribution is 7.90. The van der Waals surface area contributed by atoms with Crippen LogP contribution in [-0.4, -0.2) is 158 Å². The number of fused-ring (bicyclic) bond motifs is 1. The number of benzene rings is 2. The van der Waals surface area contributed by atoms with Crippen molar-refractivity contribution in [3.63, 3.8) is 0 Å². The first-order valence-corrected chi connectivity index (χ1v) is 30.1. The lowest BCUT2D eigenvalue weighted by Gasteiger charge is -2.30. The molecule has 0 aliphatic carbocycles. The van der Waals surface area contributed by atoms with Gasteiger partial charge in [-0.3, -0.25) is 34.7 Å². The zero-order chi connectivity index (χ0) is 60.2. The Morgan fingerprint density at radius 3 is 2.00 bits per heavy atom. The molecule has 1 aliphatic heterocycles. The molecule has 2 aromatic rings. The van der Waals surface area contributed by atoms with Crippen LogP contribution in [-0.2, 0) is 70.5 Å². The van der Waals surface area contributed by atoms with Gasteiger partial charge in [0.25, 0.3) is 10.0 Å². The number of unbranched alkanes of at least 4 members (excludes halogenated alkanes) is 5. The molecule has 458 valence electrons. The van der Waals surface area contributed by atoms with E-state index in [0.717, 1.165) is 43.2 Å². The van der Waals surface area contributed by atoms with Crippen LogP contribution < -0.4 is 47.1 Å². The molecule has 1 heterocycles. The van der Waals surface area contributed by atoms with Crippen LogP contribution in [0.3, 0.4) is 0 Å². The molecule has 2 aromatic carbocycles. The summed E-state index contributed by atoms with van der Waals surface area (Å²) in [7, 11) is -4.39. The molecule has 0 bridgehead atoms. The largest absolute Gasteiger partial charge is 0.487 e. The van der Waals surface area contributed by atoms with Gasteiger partial charge in [-0.25, -0.2) is 13.1 Å². The van der Waals surface area contributed by atoms with Crippen LogP contribution in [0.1, 0.15) is 135 Å². The lowest BCUT2D eigenvalue weighted by atomic mass is 9.94. The van der Waals surface area contributed by atoms with Crippen LogP contribution in [0.25, 0.3) is 0 Å². The average molecular weight is 1160 g/mol. The van der Waals surface area contributed by atoms with Gasteiger partial charge in [-0.15, -0.1) is 0 Å². The van der Waals surface area contributed by atoms with E-state index in [4.69, 9.17) is 39.6 Å². The zero-order valence-electron chi connectivity index (χ0n) is 50.1. The maximum Gasteiger partial charge on any atom is 0.264 e. The van der Waals surface area contributed by atoms with Crippen LogP contribution in [0.5, 0.6) is 5.75 Å². The molecule has 3 rings (SSSR count). The Morgan fingerprint density at radius 2 is 1.38 bits per heavy atom. The minimum absolute atomic E-state index is 0.0247. The van der Waals surface area contributed by atoms with E-state index in [1.165, 1.54) is 6.42 Å². The quantitative estimate of drug-likeness (QED) is 0.0259. The highest BCUT2D eigenvalue weighted by Gasteiger charge is 2.37. The Kier molecular flexibility index (Phi) is 30.8. The lowest BCUT2D eigenvalue weighted by molar-refractivity contribution is -0.135. The molecule has 1 aliphatic rings. The molecule has 0 saturated heterocycles. The van der Waals surface area contributed by atoms with E-state index in [1.807, 2.05) is 65.0 Å². The number of ether oxygens (including phenoxy) is 6. The first-order chi connectivity index (χ1) is 38.3. The number of hydrogen-bond acceptors (Lipinski definition) is 16. The Hall–Kier alpha value is -5.27. The monoisotopic (exact) mass is 1160 g/mol. The highest BCUT2D eigenvalue weighted by atomic mass is 32.2. The van der Waals surface area contributed by atoms with Crippen molar-refractivity contribution >= 4 is 45.5 Å². The number of amides is 5. The van der Waals surface area contributed by atoms with Gasteiger partial charge in [-0.05, 0) is 103 Å². The van der Waals surface area contributed by atoms with Crippen molar-refractivity contribution in [1.82, 2.24) is 36.6 Å². The summed E-state index contributed by atoms with van der Waals surface area (Å²) in [5.74, 6) is -3.76. The van der Waals surface area contributed by atoms with E-state index < -0.39 is 93.9 Å². The van der Waals surface area contributed by atoms with Crippen molar-refractivity contribution < 1.29 is 60.8 Å². The van der Waals surface area contributed by atoms with Crippen LogP contribution in [0, 0.1) is 32.1 Å². The molecular formula is C58H97N9O13S. The molecule has 0 saturated carbocycles. The van der Waals surface area contributed by atoms with Gasteiger partial charge in [0.05, 0.1) is 75.4 Å². The van der Waals surface area contributed by atoms with Gasteiger partial charge in [-0.1, -0.05) is 83.2 Å². The van der Waals surface area contributed by atoms with Crippen molar-refractivity contribution in [3.05, 3.63) is 58.1 Å². The molecule has 22 nitrogen and oxygen atoms in total. The van der Waals surface area contributed by atoms with Gasteiger partial charge in [0, 0.05) is 38.0 Å². The highest BCUT2D eigenvalue weighted by Crippen LogP contribution is 2.43. The zero-order valence-corrected chi connectivity index (χ0v) is 50.9. The predicted octanol–water partition coefficient (Wildman–Crippen LogP) is 4.06. The Labute approximate surface area is 481 Å². The molecule has 5 amide bonds. The second-order valence-corrected chi connectivity index (χ2v) is 24.1. The summed E-state index contributed by atoms with van der Waals surface area (Å²) in [5.41, 5.74) is 7.54. The van der Waals surface area contributed by atoms with Gasteiger partial charge < -0.3 is 60.7 Å². The lowest BCUT2D eigenvalue weighted by Crippen LogP contribution is -2.59. The van der Waals surface area contributed by atoms with E-state index in [0.29, 0.717) is 74.8 Å². The van der Waals surface area contributed by atoms with E-state index >= 15 is 0 Å². The van der Waals surface area contributed by atoms with E-state index in [2.05, 4.69) is 43.5 Å². The third-order valence-electron chi connectivity index (χ3n) is 13.3. The van der Waals surface area contributed by atoms with Crippen molar-refractivity contribution in [3.8, 4) is 5.75 Å². The number of nitrogens with one attached hydrogen (secondary N) is 8. The van der Waals surface area contributed by atoms with Crippen molar-refractivity contribution in [1.29, 1.82) is 5.41 Å². The number of sulfonamides is 1. The maximum absolute atomic E-state index is 14.4. The van der Waals surface area contributed by atoms with Gasteiger partial charge in [-0.2, -0.15) is 0 Å². The molecule has 0 aromatic heterocycles. The third-order valence-corrected chi connectivity index (χ3v) is 15.0. The second kappa shape index (κ2) is 35.7. The molecule has 4 atom stereocenters. The fourth-order valence-corrected chi connectivity index (χ4v) is 10.5. The molecule has 81 heavy (non-hydrogen) atoms. The first-order valence-electron chi connectivity index (χ1n) is 28.6. The van der Waals surface area contributed by atoms with Gasteiger partial charge >= 0.3 is 0 Å². The van der Waals surface area contributed by atoms with Crippen LogP contribution >= 0.6 is 0 Å². The Bertz CT molecular complexity index is 2420. The Balaban J connectivity index is 1.76. The summed E-state index contributed by atoms with van der Waals surface area (Å²) >= 11 is 0. The SMILES string of the molecule is CCCCCCCCNC(=O)C(Cc1ccccc1)NCC(COC(C)(C)C)NC(=O)C(NC(=O)C(CCC(=O)NC(=N)NS(=O)(=O)c1c(C)c(C)c2c(c1C)CC(C)(C)O2)NC(=O)COCCOCCOCCOCCN)C(C)C. The summed E-state index contributed by atoms with van der Waals surface area (Å²) in [6.07, 6.45) is 6.57. The molecule has 10 N–H and O–H groups in total. The number of hydrogen-bond donors (Lipinski definition) is 9. The Morgan fingerprint density at radius 1 is 0.765 bits per heavy atom. The van der Waals surface area contributed by atoms with Gasteiger partial charge in [0.15, 0.2) is 0 Å². The summed E-state index contributed by atoms with van der Waals surface area (Å²) in [6, 6.07) is 5.75. The minimum atomic E-state index is -4.39. The number of carbonyl (C=O) groups excluding carboxylic acids is 5. The van der Waals surface area contributed by atoms with Crippen molar-refractivity contribution in [2.24, 2.45) is 11.7 Å². The smallest absolute Gasteiger partial charge is 0.264 e. The van der Waals surface area contributed by atoms with Gasteiger partial charge in [0.1, 0.15) is 30.0 Å². The van der Waals surface area contributed by atoms with Gasteiger partial charge in [0.2, 0.25) is 35.5 Å². The number of nitrogens with two attached hydrogens (primary N) is 1.